The van der Waals surface area contributed by atoms with Gasteiger partial charge in [0.1, 0.15) is 0 Å². The summed E-state index contributed by atoms with van der Waals surface area (Å²) in [4.78, 5) is 11.3. The van der Waals surface area contributed by atoms with Crippen molar-refractivity contribution in [2.24, 2.45) is 5.92 Å². The molecule has 1 fully saturated rings. The number of phenolic OH excluding ortho intramolecular Hbond substituents is 2. The van der Waals surface area contributed by atoms with Crippen LogP contribution in [0.25, 0.3) is 0 Å². The monoisotopic (exact) mass is 250 g/mol. The van der Waals surface area contributed by atoms with Crippen LogP contribution in [0.3, 0.4) is 0 Å². The number of aromatic hydroxyl groups is 2. The first-order chi connectivity index (χ1) is 8.58. The van der Waals surface area contributed by atoms with Gasteiger partial charge in [-0.25, -0.2) is 0 Å². The van der Waals surface area contributed by atoms with E-state index in [1.54, 1.807) is 6.07 Å². The summed E-state index contributed by atoms with van der Waals surface area (Å²) < 4.78 is 0. The van der Waals surface area contributed by atoms with Crippen molar-refractivity contribution in [2.45, 2.75) is 38.0 Å². The maximum absolute atomic E-state index is 11.3. The third-order valence-electron chi connectivity index (χ3n) is 3.74. The van der Waals surface area contributed by atoms with Gasteiger partial charge in [0.15, 0.2) is 11.5 Å². The molecule has 0 amide bonds. The van der Waals surface area contributed by atoms with Gasteiger partial charge in [0.25, 0.3) is 0 Å². The SMILES string of the molecule is O=C(O)C(CC1CCCC1)c1ccc(O)c(O)c1. The van der Waals surface area contributed by atoms with E-state index in [0.29, 0.717) is 17.9 Å². The fourth-order valence-corrected chi connectivity index (χ4v) is 2.72. The molecular formula is C14H18O4. The number of carbonyl (C=O) groups is 1. The summed E-state index contributed by atoms with van der Waals surface area (Å²) in [6.07, 6.45) is 5.15. The lowest BCUT2D eigenvalue weighted by Crippen LogP contribution is -2.15. The molecule has 0 aliphatic heterocycles. The van der Waals surface area contributed by atoms with Crippen LogP contribution in [-0.2, 0) is 4.79 Å². The molecule has 1 unspecified atom stereocenters. The Morgan fingerprint density at radius 2 is 1.89 bits per heavy atom. The van der Waals surface area contributed by atoms with Gasteiger partial charge < -0.3 is 15.3 Å². The largest absolute Gasteiger partial charge is 0.504 e. The Labute approximate surface area is 106 Å². The minimum Gasteiger partial charge on any atom is -0.504 e. The zero-order chi connectivity index (χ0) is 13.1. The normalized spacial score (nSPS) is 17.8. The molecule has 4 heteroatoms. The number of rotatable bonds is 4. The molecule has 1 saturated carbocycles. The molecular weight excluding hydrogens is 232 g/mol. The summed E-state index contributed by atoms with van der Waals surface area (Å²) in [5.74, 6) is -1.48. The van der Waals surface area contributed by atoms with Gasteiger partial charge in [-0.2, -0.15) is 0 Å². The quantitative estimate of drug-likeness (QED) is 0.718. The Kier molecular flexibility index (Phi) is 3.75. The van der Waals surface area contributed by atoms with Crippen molar-refractivity contribution in [2.75, 3.05) is 0 Å². The second-order valence-electron chi connectivity index (χ2n) is 5.03. The van der Waals surface area contributed by atoms with E-state index in [-0.39, 0.29) is 11.5 Å². The van der Waals surface area contributed by atoms with Crippen molar-refractivity contribution in [3.63, 3.8) is 0 Å². The number of carboxylic acids is 1. The minimum atomic E-state index is -0.869. The van der Waals surface area contributed by atoms with E-state index in [4.69, 9.17) is 0 Å². The van der Waals surface area contributed by atoms with Crippen LogP contribution in [0.2, 0.25) is 0 Å². The lowest BCUT2D eigenvalue weighted by atomic mass is 9.88. The molecule has 4 nitrogen and oxygen atoms in total. The van der Waals surface area contributed by atoms with Gasteiger partial charge in [0.2, 0.25) is 0 Å². The Morgan fingerprint density at radius 3 is 2.44 bits per heavy atom. The number of aliphatic carboxylic acids is 1. The molecule has 1 aliphatic carbocycles. The summed E-state index contributed by atoms with van der Waals surface area (Å²) in [6.45, 7) is 0. The predicted octanol–water partition coefficient (Wildman–Crippen LogP) is 2.85. The smallest absolute Gasteiger partial charge is 0.310 e. The second-order valence-corrected chi connectivity index (χ2v) is 5.03. The summed E-state index contributed by atoms with van der Waals surface area (Å²) in [7, 11) is 0. The Bertz CT molecular complexity index is 435. The zero-order valence-corrected chi connectivity index (χ0v) is 10.2. The molecule has 0 aromatic heterocycles. The highest BCUT2D eigenvalue weighted by Gasteiger charge is 2.26. The van der Waals surface area contributed by atoms with Gasteiger partial charge in [-0.3, -0.25) is 4.79 Å². The van der Waals surface area contributed by atoms with Gasteiger partial charge in [-0.05, 0) is 30.0 Å². The summed E-state index contributed by atoms with van der Waals surface area (Å²) in [5, 5.41) is 28.0. The topological polar surface area (TPSA) is 77.8 Å². The predicted molar refractivity (Wildman–Crippen MR) is 66.7 cm³/mol. The summed E-state index contributed by atoms with van der Waals surface area (Å²) >= 11 is 0. The second kappa shape index (κ2) is 5.29. The van der Waals surface area contributed by atoms with E-state index in [1.807, 2.05) is 0 Å². The molecule has 18 heavy (non-hydrogen) atoms. The van der Waals surface area contributed by atoms with Gasteiger partial charge in [0.05, 0.1) is 5.92 Å². The Morgan fingerprint density at radius 1 is 1.22 bits per heavy atom. The Balaban J connectivity index is 2.17. The van der Waals surface area contributed by atoms with E-state index in [9.17, 15) is 20.1 Å². The maximum atomic E-state index is 11.3. The van der Waals surface area contributed by atoms with Crippen molar-refractivity contribution in [1.29, 1.82) is 0 Å². The molecule has 1 atom stereocenters. The van der Waals surface area contributed by atoms with E-state index < -0.39 is 11.9 Å². The summed E-state index contributed by atoms with van der Waals surface area (Å²) in [6, 6.07) is 4.26. The van der Waals surface area contributed by atoms with E-state index in [1.165, 1.54) is 25.0 Å². The molecule has 2 rings (SSSR count). The molecule has 0 radical (unpaired) electrons. The number of benzene rings is 1. The molecule has 1 aliphatic rings. The van der Waals surface area contributed by atoms with Crippen molar-refractivity contribution in [3.8, 4) is 11.5 Å². The number of hydrogen-bond donors (Lipinski definition) is 3. The number of phenols is 2. The first kappa shape index (κ1) is 12.7. The lowest BCUT2D eigenvalue weighted by Gasteiger charge is -2.17. The maximum Gasteiger partial charge on any atom is 0.310 e. The zero-order valence-electron chi connectivity index (χ0n) is 10.2. The van der Waals surface area contributed by atoms with Crippen LogP contribution in [0.1, 0.15) is 43.6 Å². The number of hydrogen-bond acceptors (Lipinski definition) is 3. The number of carboxylic acid groups (broad SMARTS) is 1. The minimum absolute atomic E-state index is 0.219. The van der Waals surface area contributed by atoms with Gasteiger partial charge in [-0.1, -0.05) is 31.7 Å². The molecule has 0 heterocycles. The molecule has 0 saturated heterocycles. The van der Waals surface area contributed by atoms with Crippen LogP contribution in [-0.4, -0.2) is 21.3 Å². The van der Waals surface area contributed by atoms with Crippen LogP contribution in [0.4, 0.5) is 0 Å². The third kappa shape index (κ3) is 2.75. The summed E-state index contributed by atoms with van der Waals surface area (Å²) in [5.41, 5.74) is 0.560. The van der Waals surface area contributed by atoms with Gasteiger partial charge in [0, 0.05) is 0 Å². The van der Waals surface area contributed by atoms with E-state index in [0.717, 1.165) is 12.8 Å². The average Bonchev–Trinajstić information content (AvgIpc) is 2.82. The van der Waals surface area contributed by atoms with Crippen LogP contribution in [0.5, 0.6) is 11.5 Å². The van der Waals surface area contributed by atoms with E-state index >= 15 is 0 Å². The molecule has 98 valence electrons. The average molecular weight is 250 g/mol. The highest BCUT2D eigenvalue weighted by atomic mass is 16.4. The standard InChI is InChI=1S/C14H18O4/c15-12-6-5-10(8-13(12)16)11(14(17)18)7-9-3-1-2-4-9/h5-6,8-9,11,15-16H,1-4,7H2,(H,17,18). The van der Waals surface area contributed by atoms with Crippen LogP contribution < -0.4 is 0 Å². The first-order valence-electron chi connectivity index (χ1n) is 6.32. The lowest BCUT2D eigenvalue weighted by molar-refractivity contribution is -0.139. The van der Waals surface area contributed by atoms with Crippen molar-refractivity contribution in [1.82, 2.24) is 0 Å². The van der Waals surface area contributed by atoms with Gasteiger partial charge in [-0.15, -0.1) is 0 Å². The fraction of sp³-hybridized carbons (Fsp3) is 0.500. The fourth-order valence-electron chi connectivity index (χ4n) is 2.72. The van der Waals surface area contributed by atoms with Gasteiger partial charge >= 0.3 is 5.97 Å². The molecule has 1 aromatic rings. The Hall–Kier alpha value is -1.71. The highest BCUT2D eigenvalue weighted by molar-refractivity contribution is 5.76. The molecule has 0 bridgehead atoms. The molecule has 1 aromatic carbocycles. The van der Waals surface area contributed by atoms with Crippen molar-refractivity contribution in [3.05, 3.63) is 23.8 Å². The van der Waals surface area contributed by atoms with Crippen LogP contribution in [0, 0.1) is 5.92 Å². The van der Waals surface area contributed by atoms with Crippen molar-refractivity contribution < 1.29 is 20.1 Å². The van der Waals surface area contributed by atoms with Crippen molar-refractivity contribution >= 4 is 5.97 Å². The highest BCUT2D eigenvalue weighted by Crippen LogP contribution is 2.36. The van der Waals surface area contributed by atoms with E-state index in [2.05, 4.69) is 0 Å². The molecule has 0 spiro atoms. The third-order valence-corrected chi connectivity index (χ3v) is 3.74. The van der Waals surface area contributed by atoms with Crippen LogP contribution >= 0.6 is 0 Å². The molecule has 3 N–H and O–H groups in total. The first-order valence-corrected chi connectivity index (χ1v) is 6.32. The van der Waals surface area contributed by atoms with Crippen LogP contribution in [0.15, 0.2) is 18.2 Å².